The van der Waals surface area contributed by atoms with Crippen LogP contribution in [0.25, 0.3) is 5.69 Å². The minimum Gasteiger partial charge on any atom is -0.494 e. The Hall–Kier alpha value is -3.71. The molecule has 1 atom stereocenters. The zero-order chi connectivity index (χ0) is 27.3. The maximum atomic E-state index is 14.6. The predicted molar refractivity (Wildman–Crippen MR) is 132 cm³/mol. The summed E-state index contributed by atoms with van der Waals surface area (Å²) < 4.78 is 54.0. The molecule has 3 aromatic rings. The number of rotatable bonds is 10. The fraction of sp³-hybridized carbons (Fsp3) is 0.304. The van der Waals surface area contributed by atoms with E-state index < -0.39 is 44.8 Å². The number of benzene rings is 2. The monoisotopic (exact) mass is 554 g/mol. The molecule has 0 aliphatic heterocycles. The summed E-state index contributed by atoms with van der Waals surface area (Å²) in [7, 11) is -3.05. The highest BCUT2D eigenvalue weighted by Gasteiger charge is 2.25. The molecule has 0 bridgehead atoms. The Morgan fingerprint density at radius 2 is 1.89 bits per heavy atom. The first kappa shape index (κ1) is 27.9. The number of halogens is 2. The van der Waals surface area contributed by atoms with E-state index in [2.05, 4.69) is 5.10 Å². The van der Waals surface area contributed by atoms with E-state index in [-0.39, 0.29) is 15.7 Å². The van der Waals surface area contributed by atoms with Gasteiger partial charge in [-0.3, -0.25) is 14.2 Å². The Morgan fingerprint density at radius 3 is 2.54 bits per heavy atom. The summed E-state index contributed by atoms with van der Waals surface area (Å²) >= 11 is 6.03. The number of nitrogens with one attached hydrogen (secondary N) is 1. The van der Waals surface area contributed by atoms with Crippen LogP contribution in [0.2, 0.25) is 5.02 Å². The average Bonchev–Trinajstić information content (AvgIpc) is 2.85. The Kier molecular flexibility index (Phi) is 8.71. The smallest absolute Gasteiger partial charge is 0.352 e. The molecule has 14 heteroatoms. The topological polar surface area (TPSA) is 139 Å². The zero-order valence-corrected chi connectivity index (χ0v) is 21.7. The highest BCUT2D eigenvalue weighted by molar-refractivity contribution is 7.90. The number of carbonyl (C=O) groups excluding carboxylic acids is 1. The summed E-state index contributed by atoms with van der Waals surface area (Å²) in [5.74, 6) is -1.71. The molecule has 0 unspecified atom stereocenters. The first-order valence-corrected chi connectivity index (χ1v) is 12.9. The van der Waals surface area contributed by atoms with Crippen LogP contribution in [0.1, 0.15) is 26.7 Å². The van der Waals surface area contributed by atoms with Crippen molar-refractivity contribution in [2.75, 3.05) is 6.61 Å². The van der Waals surface area contributed by atoms with Gasteiger partial charge in [0.15, 0.2) is 11.9 Å². The minimum atomic E-state index is -4.24. The van der Waals surface area contributed by atoms with E-state index in [1.807, 2.05) is 11.6 Å². The van der Waals surface area contributed by atoms with E-state index in [0.29, 0.717) is 21.6 Å². The van der Waals surface area contributed by atoms with Crippen molar-refractivity contribution in [3.05, 3.63) is 74.3 Å². The Balaban J connectivity index is 1.77. The van der Waals surface area contributed by atoms with Gasteiger partial charge in [-0.15, -0.1) is 0 Å². The zero-order valence-electron chi connectivity index (χ0n) is 20.1. The second-order valence-corrected chi connectivity index (χ2v) is 9.96. The standard InChI is InChI=1S/C23H24ClFN4O7S/c1-4-5-10-35-15-6-8-16(9-7-15)37(33,34)27-22(31)14(2)36-20-12-19(18(25)11-17(20)24)29-23(32)28(3)21(30)13-26-29/h6-9,11-14H,4-5,10H2,1-3H3,(H,27,31)/t14-/m0/s1. The van der Waals surface area contributed by atoms with Crippen LogP contribution in [0, 0.1) is 5.82 Å². The third kappa shape index (κ3) is 6.54. The van der Waals surface area contributed by atoms with Crippen molar-refractivity contribution < 1.29 is 27.1 Å². The lowest BCUT2D eigenvalue weighted by Gasteiger charge is -2.17. The Labute approximate surface area is 216 Å². The number of unbranched alkanes of at least 4 members (excludes halogenated alkanes) is 1. The summed E-state index contributed by atoms with van der Waals surface area (Å²) in [6.07, 6.45) is 1.23. The normalized spacial score (nSPS) is 12.1. The number of amides is 1. The van der Waals surface area contributed by atoms with Crippen LogP contribution in [0.3, 0.4) is 0 Å². The molecule has 0 fully saturated rings. The number of hydrogen-bond donors (Lipinski definition) is 1. The second kappa shape index (κ2) is 11.6. The molecule has 0 saturated heterocycles. The molecule has 0 saturated carbocycles. The fourth-order valence-electron chi connectivity index (χ4n) is 2.98. The Bertz CT molecular complexity index is 1520. The molecule has 0 spiro atoms. The van der Waals surface area contributed by atoms with E-state index in [4.69, 9.17) is 21.1 Å². The maximum Gasteiger partial charge on any atom is 0.352 e. The maximum absolute atomic E-state index is 14.6. The second-order valence-electron chi connectivity index (χ2n) is 7.87. The van der Waals surface area contributed by atoms with E-state index in [1.165, 1.54) is 38.2 Å². The van der Waals surface area contributed by atoms with Gasteiger partial charge < -0.3 is 9.47 Å². The summed E-state index contributed by atoms with van der Waals surface area (Å²) in [4.78, 5) is 36.3. The van der Waals surface area contributed by atoms with Gasteiger partial charge in [0.1, 0.15) is 23.4 Å². The number of aromatic nitrogens is 3. The van der Waals surface area contributed by atoms with E-state index >= 15 is 0 Å². The van der Waals surface area contributed by atoms with Crippen LogP contribution in [0.5, 0.6) is 11.5 Å². The first-order chi connectivity index (χ1) is 17.4. The summed E-state index contributed by atoms with van der Waals surface area (Å²) in [6, 6.07) is 7.38. The van der Waals surface area contributed by atoms with Crippen molar-refractivity contribution in [2.45, 2.75) is 37.7 Å². The molecule has 3 rings (SSSR count). The molecule has 198 valence electrons. The Morgan fingerprint density at radius 1 is 1.22 bits per heavy atom. The lowest BCUT2D eigenvalue weighted by Crippen LogP contribution is -2.40. The van der Waals surface area contributed by atoms with Gasteiger partial charge in [-0.2, -0.15) is 9.78 Å². The van der Waals surface area contributed by atoms with Gasteiger partial charge in [0.2, 0.25) is 0 Å². The molecule has 2 aromatic carbocycles. The van der Waals surface area contributed by atoms with Crippen molar-refractivity contribution in [2.24, 2.45) is 7.05 Å². The third-order valence-electron chi connectivity index (χ3n) is 5.12. The van der Waals surface area contributed by atoms with Crippen LogP contribution in [0.15, 0.2) is 57.1 Å². The van der Waals surface area contributed by atoms with Crippen LogP contribution >= 0.6 is 11.6 Å². The van der Waals surface area contributed by atoms with E-state index in [9.17, 15) is 27.2 Å². The third-order valence-corrected chi connectivity index (χ3v) is 6.78. The van der Waals surface area contributed by atoms with Gasteiger partial charge in [0, 0.05) is 13.1 Å². The van der Waals surface area contributed by atoms with Crippen molar-refractivity contribution in [3.63, 3.8) is 0 Å². The molecule has 0 aliphatic rings. The van der Waals surface area contributed by atoms with Gasteiger partial charge in [-0.05, 0) is 43.7 Å². The van der Waals surface area contributed by atoms with Crippen molar-refractivity contribution in [1.82, 2.24) is 19.1 Å². The van der Waals surface area contributed by atoms with Crippen molar-refractivity contribution >= 4 is 27.5 Å². The van der Waals surface area contributed by atoms with Gasteiger partial charge >= 0.3 is 5.69 Å². The van der Waals surface area contributed by atoms with Crippen LogP contribution in [-0.4, -0.2) is 41.4 Å². The average molecular weight is 555 g/mol. The number of hydrogen-bond acceptors (Lipinski definition) is 8. The molecule has 1 aromatic heterocycles. The fourth-order valence-corrected chi connectivity index (χ4v) is 4.22. The SMILES string of the molecule is CCCCOc1ccc(S(=O)(=O)NC(=O)[C@H](C)Oc2cc(-n3ncc(=O)n(C)c3=O)c(F)cc2Cl)cc1. The van der Waals surface area contributed by atoms with Gasteiger partial charge in [-0.1, -0.05) is 24.9 Å². The number of ether oxygens (including phenoxy) is 2. The first-order valence-electron chi connectivity index (χ1n) is 11.1. The quantitative estimate of drug-likeness (QED) is 0.376. The van der Waals surface area contributed by atoms with Crippen molar-refractivity contribution in [1.29, 1.82) is 0 Å². The van der Waals surface area contributed by atoms with Crippen LogP contribution in [0.4, 0.5) is 4.39 Å². The minimum absolute atomic E-state index is 0.168. The molecule has 0 radical (unpaired) electrons. The molecular formula is C23H24ClFN4O7S. The van der Waals surface area contributed by atoms with Crippen LogP contribution in [-0.2, 0) is 21.9 Å². The summed E-state index contributed by atoms with van der Waals surface area (Å²) in [6.45, 7) is 3.77. The lowest BCUT2D eigenvalue weighted by molar-refractivity contribution is -0.125. The van der Waals surface area contributed by atoms with Crippen LogP contribution < -0.4 is 25.4 Å². The van der Waals surface area contributed by atoms with E-state index in [0.717, 1.165) is 31.2 Å². The van der Waals surface area contributed by atoms with Gasteiger partial charge in [-0.25, -0.2) is 22.3 Å². The van der Waals surface area contributed by atoms with E-state index in [1.54, 1.807) is 0 Å². The molecule has 0 aliphatic carbocycles. The molecule has 1 heterocycles. The predicted octanol–water partition coefficient (Wildman–Crippen LogP) is 2.17. The highest BCUT2D eigenvalue weighted by atomic mass is 35.5. The molecule has 1 N–H and O–H groups in total. The lowest BCUT2D eigenvalue weighted by atomic mass is 10.2. The van der Waals surface area contributed by atoms with Crippen molar-refractivity contribution in [3.8, 4) is 17.2 Å². The van der Waals surface area contributed by atoms with Gasteiger partial charge in [0.05, 0.1) is 16.5 Å². The number of sulfonamides is 1. The highest BCUT2D eigenvalue weighted by Crippen LogP contribution is 2.30. The molecule has 1 amide bonds. The molecule has 37 heavy (non-hydrogen) atoms. The van der Waals surface area contributed by atoms with Gasteiger partial charge in [0.25, 0.3) is 21.5 Å². The summed E-state index contributed by atoms with van der Waals surface area (Å²) in [5.41, 5.74) is -2.03. The molecule has 11 nitrogen and oxygen atoms in total. The summed E-state index contributed by atoms with van der Waals surface area (Å²) in [5, 5.41) is 3.38. The number of carbonyl (C=O) groups is 1. The largest absolute Gasteiger partial charge is 0.494 e. The molecular weight excluding hydrogens is 531 g/mol. The number of nitrogens with zero attached hydrogens (tertiary/aromatic N) is 3.